The van der Waals surface area contributed by atoms with Crippen LogP contribution in [-0.4, -0.2) is 44.5 Å². The van der Waals surface area contributed by atoms with Gasteiger partial charge in [0.25, 0.3) is 0 Å². The molecule has 1 aliphatic carbocycles. The highest BCUT2D eigenvalue weighted by atomic mass is 79.9. The van der Waals surface area contributed by atoms with Gasteiger partial charge in [-0.05, 0) is 70.1 Å². The maximum Gasteiger partial charge on any atom is 0.401 e. The minimum absolute atomic E-state index is 0.127. The van der Waals surface area contributed by atoms with E-state index in [0.29, 0.717) is 18.7 Å². The number of piperidine rings is 1. The summed E-state index contributed by atoms with van der Waals surface area (Å²) in [4.78, 5) is 18.3. The lowest BCUT2D eigenvalue weighted by atomic mass is 10.0. The summed E-state index contributed by atoms with van der Waals surface area (Å²) in [6.45, 7) is 9.22. The van der Waals surface area contributed by atoms with Crippen LogP contribution in [-0.2, 0) is 11.2 Å². The fourth-order valence-corrected chi connectivity index (χ4v) is 5.56. The van der Waals surface area contributed by atoms with Gasteiger partial charge in [-0.2, -0.15) is 5.10 Å². The molecule has 35 heavy (non-hydrogen) atoms. The summed E-state index contributed by atoms with van der Waals surface area (Å²) in [6, 6.07) is 4.85. The molecule has 0 radical (unpaired) electrons. The molecule has 2 aliphatic rings. The SMILES string of the molecule is [CH2+]C(=O)N1CCC(NC([CH2+])c2nc3c(C4=Cc5cc(F)ccc5CC=C4)cnn3c(P)c2Br)CC1. The molecule has 0 bridgehead atoms. The molecule has 1 aromatic carbocycles. The van der Waals surface area contributed by atoms with E-state index in [4.69, 9.17) is 4.98 Å². The molecule has 9 heteroatoms. The number of aromatic nitrogens is 3. The molecule has 1 fully saturated rings. The van der Waals surface area contributed by atoms with E-state index in [1.165, 1.54) is 6.07 Å². The van der Waals surface area contributed by atoms with Gasteiger partial charge < -0.3 is 4.90 Å². The van der Waals surface area contributed by atoms with Crippen LogP contribution in [0.15, 0.2) is 41.0 Å². The number of benzene rings is 1. The van der Waals surface area contributed by atoms with Gasteiger partial charge in [-0.3, -0.25) is 5.32 Å². The summed E-state index contributed by atoms with van der Waals surface area (Å²) in [7, 11) is 2.73. The molecule has 6 nitrogen and oxygen atoms in total. The number of hydrogen-bond acceptors (Lipinski definition) is 4. The van der Waals surface area contributed by atoms with Crippen LogP contribution in [0.3, 0.4) is 0 Å². The summed E-state index contributed by atoms with van der Waals surface area (Å²) in [5.41, 5.74) is 6.05. The number of nitrogens with zero attached hydrogens (tertiary/aromatic N) is 4. The highest BCUT2D eigenvalue weighted by Gasteiger charge is 2.29. The molecule has 0 spiro atoms. The van der Waals surface area contributed by atoms with E-state index in [-0.39, 0.29) is 23.8 Å². The number of amides is 1. The highest BCUT2D eigenvalue weighted by molar-refractivity contribution is 9.10. The van der Waals surface area contributed by atoms with Crippen molar-refractivity contribution in [1.29, 1.82) is 0 Å². The van der Waals surface area contributed by atoms with Crippen molar-refractivity contribution in [2.45, 2.75) is 31.3 Å². The Labute approximate surface area is 215 Å². The molecule has 2 atom stereocenters. The first kappa shape index (κ1) is 24.0. The van der Waals surface area contributed by atoms with Gasteiger partial charge in [0.2, 0.25) is 0 Å². The van der Waals surface area contributed by atoms with E-state index in [1.807, 2.05) is 18.2 Å². The van der Waals surface area contributed by atoms with E-state index >= 15 is 0 Å². The lowest BCUT2D eigenvalue weighted by Gasteiger charge is -2.30. The maximum absolute atomic E-state index is 13.9. The summed E-state index contributed by atoms with van der Waals surface area (Å²) in [6.07, 6.45) is 10.3. The fraction of sp³-hybridized carbons (Fsp3) is 0.269. The van der Waals surface area contributed by atoms with E-state index in [9.17, 15) is 9.18 Å². The molecule has 0 saturated carbocycles. The number of rotatable bonds is 4. The zero-order valence-electron chi connectivity index (χ0n) is 19.2. The van der Waals surface area contributed by atoms with Crippen molar-refractivity contribution in [1.82, 2.24) is 24.8 Å². The normalized spacial score (nSPS) is 17.2. The predicted octanol–water partition coefficient (Wildman–Crippen LogP) is 4.07. The average molecular weight is 554 g/mol. The zero-order chi connectivity index (χ0) is 24.7. The predicted molar refractivity (Wildman–Crippen MR) is 143 cm³/mol. The first-order valence-electron chi connectivity index (χ1n) is 11.5. The summed E-state index contributed by atoms with van der Waals surface area (Å²) < 4.78 is 16.5. The number of hydrogen-bond donors (Lipinski definition) is 1. The Morgan fingerprint density at radius 3 is 2.83 bits per heavy atom. The smallest absolute Gasteiger partial charge is 0.303 e. The zero-order valence-corrected chi connectivity index (χ0v) is 21.9. The molecule has 1 saturated heterocycles. The van der Waals surface area contributed by atoms with Crippen molar-refractivity contribution in [3.8, 4) is 0 Å². The van der Waals surface area contributed by atoms with Crippen molar-refractivity contribution >= 4 is 53.8 Å². The van der Waals surface area contributed by atoms with Crippen molar-refractivity contribution < 1.29 is 9.18 Å². The van der Waals surface area contributed by atoms with Crippen molar-refractivity contribution in [3.05, 3.63) is 83.1 Å². The molecular weight excluding hydrogens is 528 g/mol. The van der Waals surface area contributed by atoms with Crippen LogP contribution < -0.4 is 10.8 Å². The second kappa shape index (κ2) is 9.76. The Balaban J connectivity index is 1.48. The molecule has 5 rings (SSSR count). The number of allylic oxidation sites excluding steroid dienone is 3. The largest absolute Gasteiger partial charge is 0.401 e. The van der Waals surface area contributed by atoms with Gasteiger partial charge in [-0.15, -0.1) is 0 Å². The molecule has 2 aromatic heterocycles. The van der Waals surface area contributed by atoms with E-state index < -0.39 is 0 Å². The van der Waals surface area contributed by atoms with E-state index in [0.717, 1.165) is 57.1 Å². The quantitative estimate of drug-likeness (QED) is 0.390. The molecule has 1 amide bonds. The van der Waals surface area contributed by atoms with Gasteiger partial charge in [0.15, 0.2) is 18.6 Å². The van der Waals surface area contributed by atoms with Gasteiger partial charge in [0, 0.05) is 24.7 Å². The Hall–Kier alpha value is -2.67. The van der Waals surface area contributed by atoms with Gasteiger partial charge in [-0.25, -0.2) is 18.7 Å². The topological polar surface area (TPSA) is 62.5 Å². The molecule has 1 aliphatic heterocycles. The second-order valence-electron chi connectivity index (χ2n) is 8.91. The molecule has 3 aromatic rings. The average Bonchev–Trinajstić information content (AvgIpc) is 3.15. The molecule has 3 heterocycles. The first-order valence-corrected chi connectivity index (χ1v) is 12.9. The van der Waals surface area contributed by atoms with Crippen LogP contribution in [0.4, 0.5) is 4.39 Å². The molecular formula is C26H26BrFN5OP+2. The third-order valence-electron chi connectivity index (χ3n) is 6.63. The molecule has 2 unspecified atom stereocenters. The van der Waals surface area contributed by atoms with Crippen molar-refractivity contribution in [3.63, 3.8) is 0 Å². The first-order chi connectivity index (χ1) is 16.8. The van der Waals surface area contributed by atoms with Crippen LogP contribution in [0.2, 0.25) is 0 Å². The molecule has 178 valence electrons. The Bertz CT molecular complexity index is 1360. The van der Waals surface area contributed by atoms with Gasteiger partial charge in [0.05, 0.1) is 23.0 Å². The van der Waals surface area contributed by atoms with Crippen LogP contribution in [0.25, 0.3) is 17.3 Å². The van der Waals surface area contributed by atoms with E-state index in [1.54, 1.807) is 21.7 Å². The monoisotopic (exact) mass is 553 g/mol. The third-order valence-corrected chi connectivity index (χ3v) is 8.40. The van der Waals surface area contributed by atoms with Gasteiger partial charge >= 0.3 is 5.91 Å². The number of nitrogens with one attached hydrogen (secondary N) is 1. The second-order valence-corrected chi connectivity index (χ2v) is 10.3. The van der Waals surface area contributed by atoms with Crippen molar-refractivity contribution in [2.24, 2.45) is 0 Å². The minimum Gasteiger partial charge on any atom is -0.303 e. The van der Waals surface area contributed by atoms with E-state index in [2.05, 4.69) is 55.5 Å². The van der Waals surface area contributed by atoms with Gasteiger partial charge in [-0.1, -0.05) is 27.5 Å². The number of halogens is 2. The van der Waals surface area contributed by atoms with Crippen molar-refractivity contribution in [2.75, 3.05) is 13.1 Å². The molecule has 1 N–H and O–H groups in total. The number of likely N-dealkylation sites (tertiary alicyclic amines) is 1. The Morgan fingerprint density at radius 2 is 2.09 bits per heavy atom. The summed E-state index contributed by atoms with van der Waals surface area (Å²) >= 11 is 3.69. The lowest BCUT2D eigenvalue weighted by Crippen LogP contribution is -2.45. The maximum atomic E-state index is 13.9. The lowest BCUT2D eigenvalue weighted by molar-refractivity contribution is -0.127. The highest BCUT2D eigenvalue weighted by Crippen LogP contribution is 2.30. The van der Waals surface area contributed by atoms with Crippen LogP contribution in [0.1, 0.15) is 41.3 Å². The Morgan fingerprint density at radius 1 is 1.31 bits per heavy atom. The summed E-state index contributed by atoms with van der Waals surface area (Å²) in [5.74, 6) is -0.383. The van der Waals surface area contributed by atoms with Crippen LogP contribution in [0, 0.1) is 19.7 Å². The number of carbonyl (C=O) groups is 1. The fourth-order valence-electron chi connectivity index (χ4n) is 4.69. The Kier molecular flexibility index (Phi) is 6.71. The number of fused-ring (bicyclic) bond motifs is 2. The minimum atomic E-state index is -0.267. The van der Waals surface area contributed by atoms with Crippen LogP contribution >= 0.6 is 25.2 Å². The summed E-state index contributed by atoms with van der Waals surface area (Å²) in [5, 5.41) is 8.15. The standard InChI is InChI=1S/C26H26BrFN5OP/c1-15(30-21-8-10-32(11-9-21)16(2)34)24-23(27)26(35)33-25(31-24)22(14-29-33)18-5-3-4-17-6-7-20(28)13-19(17)12-18/h3,5-7,12-15,21,30H,1-2,4,8-11,35H2/q+2. The van der Waals surface area contributed by atoms with Crippen LogP contribution in [0.5, 0.6) is 0 Å². The third kappa shape index (κ3) is 4.75. The number of carbonyl (C=O) groups excluding carboxylic acids is 1. The van der Waals surface area contributed by atoms with Gasteiger partial charge in [0.1, 0.15) is 11.5 Å².